The quantitative estimate of drug-likeness (QED) is 0.824. The van der Waals surface area contributed by atoms with E-state index >= 15 is 0 Å². The van der Waals surface area contributed by atoms with Crippen LogP contribution in [0.4, 0.5) is 0 Å². The van der Waals surface area contributed by atoms with Crippen molar-refractivity contribution in [2.75, 3.05) is 13.7 Å². The predicted octanol–water partition coefficient (Wildman–Crippen LogP) is 2.71. The molecule has 0 bridgehead atoms. The summed E-state index contributed by atoms with van der Waals surface area (Å²) in [4.78, 5) is 11.3. The maximum absolute atomic E-state index is 6.17. The highest BCUT2D eigenvalue weighted by Crippen LogP contribution is 2.43. The summed E-state index contributed by atoms with van der Waals surface area (Å²) in [5, 5.41) is 0. The molecule has 1 saturated carbocycles. The molecule has 2 fully saturated rings. The van der Waals surface area contributed by atoms with Gasteiger partial charge in [0.05, 0.1) is 11.3 Å². The Hall–Kier alpha value is -1.92. The first kappa shape index (κ1) is 17.5. The molecular weight excluding hydrogens is 328 g/mol. The second kappa shape index (κ2) is 7.00. The van der Waals surface area contributed by atoms with Gasteiger partial charge in [-0.05, 0) is 32.3 Å². The predicted molar refractivity (Wildman–Crippen MR) is 99.0 cm³/mol. The summed E-state index contributed by atoms with van der Waals surface area (Å²) in [5.74, 6) is 1.77. The number of hydrogen-bond acceptors (Lipinski definition) is 5. The summed E-state index contributed by atoms with van der Waals surface area (Å²) in [6.45, 7) is 4.01. The Morgan fingerprint density at radius 1 is 1.27 bits per heavy atom. The van der Waals surface area contributed by atoms with Gasteiger partial charge in [-0.1, -0.05) is 6.07 Å². The lowest BCUT2D eigenvalue weighted by atomic mass is 9.79. The molecule has 2 aromatic heterocycles. The van der Waals surface area contributed by atoms with Gasteiger partial charge in [-0.3, -0.25) is 4.90 Å². The molecule has 26 heavy (non-hydrogen) atoms. The summed E-state index contributed by atoms with van der Waals surface area (Å²) in [6.07, 6.45) is 8.07. The van der Waals surface area contributed by atoms with Gasteiger partial charge in [0, 0.05) is 58.2 Å². The molecule has 4 rings (SSSR count). The Morgan fingerprint density at radius 3 is 2.85 bits per heavy atom. The molecule has 2 aromatic rings. The topological polar surface area (TPSA) is 52.4 Å². The maximum atomic E-state index is 6.17. The Morgan fingerprint density at radius 2 is 2.15 bits per heavy atom. The zero-order valence-electron chi connectivity index (χ0n) is 15.9. The molecule has 0 unspecified atom stereocenters. The number of ether oxygens (including phenoxy) is 2. The summed E-state index contributed by atoms with van der Waals surface area (Å²) >= 11 is 0. The third kappa shape index (κ3) is 3.12. The molecule has 1 saturated heterocycles. The van der Waals surface area contributed by atoms with Crippen LogP contribution in [0.25, 0.3) is 0 Å². The van der Waals surface area contributed by atoms with Crippen LogP contribution >= 0.6 is 0 Å². The Bertz CT molecular complexity index is 748. The smallest absolute Gasteiger partial charge is 0.213 e. The summed E-state index contributed by atoms with van der Waals surface area (Å²) in [5.41, 5.74) is 1.21. The molecule has 0 spiro atoms. The van der Waals surface area contributed by atoms with Crippen molar-refractivity contribution in [1.82, 2.24) is 19.4 Å². The third-order valence-corrected chi connectivity index (χ3v) is 6.26. The number of rotatable bonds is 5. The average Bonchev–Trinajstić information content (AvgIpc) is 3.18. The van der Waals surface area contributed by atoms with Crippen LogP contribution in [0.5, 0.6) is 5.88 Å². The van der Waals surface area contributed by atoms with E-state index in [1.807, 2.05) is 38.4 Å². The average molecular weight is 356 g/mol. The number of nitrogens with zero attached hydrogens (tertiary/aromatic N) is 4. The fourth-order valence-electron chi connectivity index (χ4n) is 4.54. The summed E-state index contributed by atoms with van der Waals surface area (Å²) in [7, 11) is 3.95. The second-order valence-corrected chi connectivity index (χ2v) is 7.54. The largest absolute Gasteiger partial charge is 0.474 e. The second-order valence-electron chi connectivity index (χ2n) is 7.54. The first-order valence-corrected chi connectivity index (χ1v) is 9.45. The van der Waals surface area contributed by atoms with E-state index in [4.69, 9.17) is 9.47 Å². The summed E-state index contributed by atoms with van der Waals surface area (Å²) in [6, 6.07) is 6.18. The standard InChI is InChI=1S/C20H28N4O2/c1-15-22-13-16(23(15)2)14-24-11-9-20(25-3)8-7-17(12-18(20)24)26-19-6-4-5-10-21-19/h4-6,10,13,17-18H,7-9,11-12,14H2,1-3H3/t17-,18-,20+/m0/s1. The van der Waals surface area contributed by atoms with Gasteiger partial charge >= 0.3 is 0 Å². The zero-order chi connectivity index (χ0) is 18.1. The lowest BCUT2D eigenvalue weighted by molar-refractivity contribution is -0.0845. The first-order valence-electron chi connectivity index (χ1n) is 9.45. The van der Waals surface area contributed by atoms with E-state index in [0.717, 1.165) is 44.6 Å². The van der Waals surface area contributed by atoms with Crippen LogP contribution in [0.1, 0.15) is 37.2 Å². The molecule has 140 valence electrons. The fourth-order valence-corrected chi connectivity index (χ4v) is 4.54. The minimum Gasteiger partial charge on any atom is -0.474 e. The van der Waals surface area contributed by atoms with Gasteiger partial charge in [0.25, 0.3) is 0 Å². The number of imidazole rings is 1. The minimum atomic E-state index is -0.0440. The lowest BCUT2D eigenvalue weighted by Gasteiger charge is -2.43. The number of aromatic nitrogens is 3. The number of methoxy groups -OCH3 is 1. The molecule has 1 aliphatic carbocycles. The minimum absolute atomic E-state index is 0.0440. The molecule has 2 aliphatic rings. The first-order chi connectivity index (χ1) is 12.6. The van der Waals surface area contributed by atoms with E-state index in [1.165, 1.54) is 5.69 Å². The number of likely N-dealkylation sites (tertiary alicyclic amines) is 1. The van der Waals surface area contributed by atoms with Gasteiger partial charge in [0.15, 0.2) is 0 Å². The van der Waals surface area contributed by atoms with Gasteiger partial charge in [-0.2, -0.15) is 0 Å². The number of pyridine rings is 1. The van der Waals surface area contributed by atoms with Gasteiger partial charge in [-0.25, -0.2) is 9.97 Å². The molecule has 0 amide bonds. The molecule has 3 heterocycles. The van der Waals surface area contributed by atoms with Crippen LogP contribution in [0.2, 0.25) is 0 Å². The van der Waals surface area contributed by atoms with E-state index in [0.29, 0.717) is 11.9 Å². The molecular formula is C20H28N4O2. The lowest BCUT2D eigenvalue weighted by Crippen LogP contribution is -2.52. The van der Waals surface area contributed by atoms with Crippen molar-refractivity contribution in [2.24, 2.45) is 7.05 Å². The highest BCUT2D eigenvalue weighted by atomic mass is 16.5. The van der Waals surface area contributed by atoms with Crippen molar-refractivity contribution in [3.63, 3.8) is 0 Å². The molecule has 0 aromatic carbocycles. The number of fused-ring (bicyclic) bond motifs is 1. The normalized spacial score (nSPS) is 28.9. The van der Waals surface area contributed by atoms with Crippen LogP contribution in [0, 0.1) is 6.92 Å². The van der Waals surface area contributed by atoms with Gasteiger partial charge < -0.3 is 14.0 Å². The number of aryl methyl sites for hydroxylation is 1. The van der Waals surface area contributed by atoms with Gasteiger partial charge in [-0.15, -0.1) is 0 Å². The van der Waals surface area contributed by atoms with Crippen LogP contribution in [-0.4, -0.2) is 50.8 Å². The molecule has 3 atom stereocenters. The van der Waals surface area contributed by atoms with Crippen molar-refractivity contribution < 1.29 is 9.47 Å². The van der Waals surface area contributed by atoms with Gasteiger partial charge in [0.2, 0.25) is 5.88 Å². The Labute approximate surface area is 155 Å². The zero-order valence-corrected chi connectivity index (χ0v) is 15.9. The van der Waals surface area contributed by atoms with Gasteiger partial charge in [0.1, 0.15) is 11.9 Å². The van der Waals surface area contributed by atoms with Crippen LogP contribution in [0.15, 0.2) is 30.6 Å². The molecule has 6 nitrogen and oxygen atoms in total. The highest BCUT2D eigenvalue weighted by Gasteiger charge is 2.51. The van der Waals surface area contributed by atoms with Crippen molar-refractivity contribution in [2.45, 2.75) is 56.9 Å². The fraction of sp³-hybridized carbons (Fsp3) is 0.600. The monoisotopic (exact) mass is 356 g/mol. The van der Waals surface area contributed by atoms with Crippen LogP contribution in [-0.2, 0) is 18.3 Å². The van der Waals surface area contributed by atoms with E-state index in [1.54, 1.807) is 6.20 Å². The van der Waals surface area contributed by atoms with Crippen molar-refractivity contribution in [1.29, 1.82) is 0 Å². The maximum Gasteiger partial charge on any atom is 0.213 e. The molecule has 0 N–H and O–H groups in total. The van der Waals surface area contributed by atoms with Crippen molar-refractivity contribution in [3.05, 3.63) is 42.1 Å². The Balaban J connectivity index is 1.50. The highest BCUT2D eigenvalue weighted by molar-refractivity contribution is 5.13. The SMILES string of the molecule is CO[C@@]12CC[C@H](Oc3ccccn3)C[C@@H]1N(Cc1cnc(C)n1C)CC2. The van der Waals surface area contributed by atoms with E-state index in [9.17, 15) is 0 Å². The van der Waals surface area contributed by atoms with E-state index in [-0.39, 0.29) is 11.7 Å². The van der Waals surface area contributed by atoms with E-state index in [2.05, 4.69) is 26.5 Å². The van der Waals surface area contributed by atoms with Crippen molar-refractivity contribution in [3.8, 4) is 5.88 Å². The molecule has 1 aliphatic heterocycles. The van der Waals surface area contributed by atoms with Crippen LogP contribution in [0.3, 0.4) is 0 Å². The summed E-state index contributed by atoms with van der Waals surface area (Å²) < 4.78 is 14.4. The van der Waals surface area contributed by atoms with Crippen LogP contribution < -0.4 is 4.74 Å². The molecule has 0 radical (unpaired) electrons. The molecule has 6 heteroatoms. The Kier molecular flexibility index (Phi) is 4.71. The van der Waals surface area contributed by atoms with Crippen molar-refractivity contribution >= 4 is 0 Å². The third-order valence-electron chi connectivity index (χ3n) is 6.26. The number of hydrogen-bond donors (Lipinski definition) is 0. The van der Waals surface area contributed by atoms with E-state index < -0.39 is 0 Å².